The Kier molecular flexibility index (Phi) is 5.71. The summed E-state index contributed by atoms with van der Waals surface area (Å²) in [5.74, 6) is 1.05. The summed E-state index contributed by atoms with van der Waals surface area (Å²) in [5.41, 5.74) is 1.31. The van der Waals surface area contributed by atoms with Gasteiger partial charge < -0.3 is 10.1 Å². The maximum atomic E-state index is 6.16. The number of rotatable bonds is 6. The van der Waals surface area contributed by atoms with Crippen LogP contribution in [0.1, 0.15) is 57.6 Å². The molecule has 0 aromatic heterocycles. The second-order valence-electron chi connectivity index (χ2n) is 5.31. The van der Waals surface area contributed by atoms with Gasteiger partial charge in [-0.2, -0.15) is 0 Å². The summed E-state index contributed by atoms with van der Waals surface area (Å²) in [4.78, 5) is 0. The summed E-state index contributed by atoms with van der Waals surface area (Å²) in [6.07, 6.45) is 6.26. The summed E-state index contributed by atoms with van der Waals surface area (Å²) in [7, 11) is 0. The van der Waals surface area contributed by atoms with E-state index in [2.05, 4.69) is 53.3 Å². The molecule has 0 saturated heterocycles. The van der Waals surface area contributed by atoms with E-state index in [1.54, 1.807) is 0 Å². The van der Waals surface area contributed by atoms with Gasteiger partial charge in [0.05, 0.1) is 0 Å². The summed E-state index contributed by atoms with van der Waals surface area (Å²) in [6.45, 7) is 5.52. The first-order valence-electron chi connectivity index (χ1n) is 7.44. The molecule has 106 valence electrons. The molecular weight excluding hydrogens is 302 g/mol. The third-order valence-electron chi connectivity index (χ3n) is 3.66. The molecule has 2 rings (SSSR count). The van der Waals surface area contributed by atoms with Gasteiger partial charge in [-0.1, -0.05) is 48.7 Å². The Bertz CT molecular complexity index is 408. The summed E-state index contributed by atoms with van der Waals surface area (Å²) in [5, 5.41) is 3.66. The van der Waals surface area contributed by atoms with Gasteiger partial charge in [0.2, 0.25) is 0 Å². The Hall–Kier alpha value is -0.540. The number of unbranched alkanes of at least 4 members (excludes halogenated alkanes) is 1. The molecule has 0 bridgehead atoms. The van der Waals surface area contributed by atoms with Crippen molar-refractivity contribution in [3.63, 3.8) is 0 Å². The van der Waals surface area contributed by atoms with Crippen molar-refractivity contribution < 1.29 is 4.74 Å². The van der Waals surface area contributed by atoms with Crippen molar-refractivity contribution >= 4 is 15.9 Å². The largest absolute Gasteiger partial charge is 0.490 e. The fraction of sp³-hybridized carbons (Fsp3) is 0.625. The first kappa shape index (κ1) is 14.9. The van der Waals surface area contributed by atoms with Crippen LogP contribution in [-0.2, 0) is 0 Å². The van der Waals surface area contributed by atoms with Gasteiger partial charge in [-0.15, -0.1) is 0 Å². The molecule has 2 unspecified atom stereocenters. The fourth-order valence-corrected chi connectivity index (χ4v) is 2.98. The Morgan fingerprint density at radius 3 is 2.89 bits per heavy atom. The van der Waals surface area contributed by atoms with E-state index in [1.165, 1.54) is 24.8 Å². The summed E-state index contributed by atoms with van der Waals surface area (Å²) in [6, 6.07) is 6.84. The van der Waals surface area contributed by atoms with Gasteiger partial charge in [-0.05, 0) is 31.5 Å². The van der Waals surface area contributed by atoms with Crippen LogP contribution in [0.3, 0.4) is 0 Å². The molecule has 1 aromatic rings. The van der Waals surface area contributed by atoms with Gasteiger partial charge in [-0.3, -0.25) is 0 Å². The van der Waals surface area contributed by atoms with Crippen molar-refractivity contribution in [1.82, 2.24) is 5.32 Å². The Morgan fingerprint density at radius 2 is 2.16 bits per heavy atom. The van der Waals surface area contributed by atoms with E-state index in [4.69, 9.17) is 4.74 Å². The zero-order valence-electron chi connectivity index (χ0n) is 11.9. The number of nitrogens with one attached hydrogen (secondary N) is 1. The van der Waals surface area contributed by atoms with Gasteiger partial charge in [-0.25, -0.2) is 0 Å². The van der Waals surface area contributed by atoms with E-state index in [9.17, 15) is 0 Å². The van der Waals surface area contributed by atoms with Crippen molar-refractivity contribution in [2.24, 2.45) is 0 Å². The zero-order valence-corrected chi connectivity index (χ0v) is 13.5. The highest BCUT2D eigenvalue weighted by molar-refractivity contribution is 9.10. The molecule has 1 N–H and O–H groups in total. The van der Waals surface area contributed by atoms with Crippen molar-refractivity contribution in [2.75, 3.05) is 6.54 Å². The average Bonchev–Trinajstić information content (AvgIpc) is 2.42. The minimum atomic E-state index is 0.358. The van der Waals surface area contributed by atoms with Gasteiger partial charge >= 0.3 is 0 Å². The molecule has 2 nitrogen and oxygen atoms in total. The lowest BCUT2D eigenvalue weighted by atomic mass is 9.94. The van der Waals surface area contributed by atoms with Gasteiger partial charge in [0.25, 0.3) is 0 Å². The molecule has 0 aliphatic carbocycles. The van der Waals surface area contributed by atoms with Crippen LogP contribution in [0.5, 0.6) is 5.75 Å². The van der Waals surface area contributed by atoms with Crippen molar-refractivity contribution in [3.8, 4) is 5.75 Å². The minimum Gasteiger partial charge on any atom is -0.490 e. The highest BCUT2D eigenvalue weighted by Gasteiger charge is 2.27. The van der Waals surface area contributed by atoms with E-state index < -0.39 is 0 Å². The van der Waals surface area contributed by atoms with Gasteiger partial charge in [0.1, 0.15) is 11.9 Å². The van der Waals surface area contributed by atoms with Gasteiger partial charge in [0.15, 0.2) is 0 Å². The molecule has 0 radical (unpaired) electrons. The normalized spacial score (nSPS) is 21.8. The zero-order chi connectivity index (χ0) is 13.7. The number of ether oxygens (including phenoxy) is 1. The summed E-state index contributed by atoms with van der Waals surface area (Å²) < 4.78 is 7.25. The van der Waals surface area contributed by atoms with Crippen molar-refractivity contribution in [2.45, 2.75) is 58.1 Å². The molecule has 0 saturated carbocycles. The van der Waals surface area contributed by atoms with Crippen molar-refractivity contribution in [1.29, 1.82) is 0 Å². The molecule has 1 aliphatic heterocycles. The highest BCUT2D eigenvalue weighted by Crippen LogP contribution is 2.37. The number of halogens is 1. The predicted octanol–water partition coefficient (Wildman–Crippen LogP) is 4.83. The Balaban J connectivity index is 2.14. The topological polar surface area (TPSA) is 21.3 Å². The SMILES string of the molecule is CCCCC1CC(NCCC)c2ccc(Br)cc2O1. The molecular formula is C16H24BrNO. The molecule has 0 fully saturated rings. The van der Waals surface area contributed by atoms with Gasteiger partial charge in [0, 0.05) is 22.5 Å². The highest BCUT2D eigenvalue weighted by atomic mass is 79.9. The van der Waals surface area contributed by atoms with Crippen LogP contribution in [0.4, 0.5) is 0 Å². The molecule has 1 aromatic carbocycles. The van der Waals surface area contributed by atoms with E-state index >= 15 is 0 Å². The molecule has 19 heavy (non-hydrogen) atoms. The number of hydrogen-bond donors (Lipinski definition) is 1. The van der Waals surface area contributed by atoms with Crippen LogP contribution in [0, 0.1) is 0 Å². The van der Waals surface area contributed by atoms with Crippen LogP contribution in [0.15, 0.2) is 22.7 Å². The van der Waals surface area contributed by atoms with Crippen LogP contribution in [0.2, 0.25) is 0 Å². The second kappa shape index (κ2) is 7.30. The lowest BCUT2D eigenvalue weighted by Gasteiger charge is -2.33. The third kappa shape index (κ3) is 3.96. The van der Waals surface area contributed by atoms with E-state index in [0.29, 0.717) is 12.1 Å². The lowest BCUT2D eigenvalue weighted by molar-refractivity contribution is 0.138. The standard InChI is InChI=1S/C16H24BrNO/c1-3-5-6-13-11-15(18-9-4-2)14-8-7-12(17)10-16(14)19-13/h7-8,10,13,15,18H,3-6,9,11H2,1-2H3. The molecule has 0 spiro atoms. The van der Waals surface area contributed by atoms with E-state index in [0.717, 1.165) is 29.6 Å². The predicted molar refractivity (Wildman–Crippen MR) is 83.7 cm³/mol. The average molecular weight is 326 g/mol. The van der Waals surface area contributed by atoms with Crippen molar-refractivity contribution in [3.05, 3.63) is 28.2 Å². The number of hydrogen-bond acceptors (Lipinski definition) is 2. The molecule has 0 amide bonds. The first-order chi connectivity index (χ1) is 9.24. The van der Waals surface area contributed by atoms with Crippen LogP contribution in [-0.4, -0.2) is 12.6 Å². The molecule has 3 heteroatoms. The first-order valence-corrected chi connectivity index (χ1v) is 8.23. The minimum absolute atomic E-state index is 0.358. The van der Waals surface area contributed by atoms with E-state index in [1.807, 2.05) is 0 Å². The van der Waals surface area contributed by atoms with Crippen LogP contribution < -0.4 is 10.1 Å². The number of fused-ring (bicyclic) bond motifs is 1. The van der Waals surface area contributed by atoms with E-state index in [-0.39, 0.29) is 0 Å². The smallest absolute Gasteiger partial charge is 0.125 e. The fourth-order valence-electron chi connectivity index (χ4n) is 2.64. The maximum absolute atomic E-state index is 6.16. The Labute approximate surface area is 125 Å². The maximum Gasteiger partial charge on any atom is 0.125 e. The van der Waals surface area contributed by atoms with Crippen LogP contribution >= 0.6 is 15.9 Å². The molecule has 1 heterocycles. The second-order valence-corrected chi connectivity index (χ2v) is 6.22. The lowest BCUT2D eigenvalue weighted by Crippen LogP contribution is -2.33. The monoisotopic (exact) mass is 325 g/mol. The third-order valence-corrected chi connectivity index (χ3v) is 4.16. The quantitative estimate of drug-likeness (QED) is 0.808. The van der Waals surface area contributed by atoms with Crippen LogP contribution in [0.25, 0.3) is 0 Å². The summed E-state index contributed by atoms with van der Waals surface area (Å²) >= 11 is 3.54. The number of benzene rings is 1. The Morgan fingerprint density at radius 1 is 1.32 bits per heavy atom. The molecule has 1 aliphatic rings. The molecule has 2 atom stereocenters.